The van der Waals surface area contributed by atoms with Crippen LogP contribution < -0.4 is 11.0 Å². The van der Waals surface area contributed by atoms with Crippen molar-refractivity contribution in [3.8, 4) is 17.1 Å². The number of aromatic amines is 2. The highest BCUT2D eigenvalue weighted by Crippen LogP contribution is 2.28. The number of aryl methyl sites for hydroxylation is 1. The molecule has 0 fully saturated rings. The van der Waals surface area contributed by atoms with Gasteiger partial charge in [0.1, 0.15) is 0 Å². The molecule has 5 rings (SSSR count). The molecule has 1 amide bonds. The molecule has 0 atom stereocenters. The lowest BCUT2D eigenvalue weighted by Crippen LogP contribution is -2.14. The molecule has 0 radical (unpaired) electrons. The lowest BCUT2D eigenvalue weighted by Gasteiger charge is -2.11. The molecular weight excluding hydrogens is 450 g/mol. The first-order valence-corrected chi connectivity index (χ1v) is 11.7. The molecule has 0 saturated heterocycles. The summed E-state index contributed by atoms with van der Waals surface area (Å²) in [5, 5.41) is 12.2. The van der Waals surface area contributed by atoms with Gasteiger partial charge in [0.15, 0.2) is 11.0 Å². The highest BCUT2D eigenvalue weighted by Gasteiger charge is 2.17. The molecule has 2 aromatic carbocycles. The van der Waals surface area contributed by atoms with Gasteiger partial charge in [-0.15, -0.1) is 10.2 Å². The van der Waals surface area contributed by atoms with E-state index >= 15 is 0 Å². The predicted molar refractivity (Wildman–Crippen MR) is 132 cm³/mol. The standard InChI is InChI=1S/C24H21N7O2S/c1-2-15-3-6-18(7-4-15)31-22(16-9-11-25-12-10-16)29-30-24(31)34-14-21(32)26-17-5-8-19-20(13-17)28-23(33)27-19/h3-13H,2,14H2,1H3,(H,26,32)(H2,27,28,33). The van der Waals surface area contributed by atoms with E-state index in [1.807, 2.05) is 28.8 Å². The number of nitrogens with one attached hydrogen (secondary N) is 3. The maximum absolute atomic E-state index is 12.7. The van der Waals surface area contributed by atoms with Crippen LogP contribution in [0.5, 0.6) is 0 Å². The Morgan fingerprint density at radius 1 is 1.00 bits per heavy atom. The number of carbonyl (C=O) groups is 1. The summed E-state index contributed by atoms with van der Waals surface area (Å²) in [6.07, 6.45) is 4.37. The quantitative estimate of drug-likeness (QED) is 0.311. The number of imidazole rings is 1. The van der Waals surface area contributed by atoms with Crippen molar-refractivity contribution < 1.29 is 4.79 Å². The molecule has 3 N–H and O–H groups in total. The van der Waals surface area contributed by atoms with Gasteiger partial charge in [0.2, 0.25) is 5.91 Å². The first kappa shape index (κ1) is 21.7. The molecule has 0 aliphatic heterocycles. The number of pyridine rings is 1. The maximum atomic E-state index is 12.7. The molecule has 0 spiro atoms. The molecule has 0 unspecified atom stereocenters. The summed E-state index contributed by atoms with van der Waals surface area (Å²) >= 11 is 1.30. The Labute approximate surface area is 198 Å². The van der Waals surface area contributed by atoms with Crippen LogP contribution in [0.2, 0.25) is 0 Å². The molecule has 5 aromatic rings. The van der Waals surface area contributed by atoms with Gasteiger partial charge in [-0.3, -0.25) is 14.3 Å². The van der Waals surface area contributed by atoms with Gasteiger partial charge in [-0.1, -0.05) is 30.8 Å². The zero-order valence-electron chi connectivity index (χ0n) is 18.3. The Kier molecular flexibility index (Phi) is 5.96. The number of H-pyrrole nitrogens is 2. The second-order valence-electron chi connectivity index (χ2n) is 7.57. The minimum absolute atomic E-state index is 0.142. The number of aromatic nitrogens is 6. The third kappa shape index (κ3) is 4.48. The van der Waals surface area contributed by atoms with Crippen molar-refractivity contribution >= 4 is 34.4 Å². The number of carbonyl (C=O) groups excluding carboxylic acids is 1. The van der Waals surface area contributed by atoms with Crippen molar-refractivity contribution in [1.29, 1.82) is 0 Å². The van der Waals surface area contributed by atoms with Crippen molar-refractivity contribution in [3.63, 3.8) is 0 Å². The Balaban J connectivity index is 1.38. The lowest BCUT2D eigenvalue weighted by molar-refractivity contribution is -0.113. The number of hydrogen-bond acceptors (Lipinski definition) is 6. The first-order chi connectivity index (χ1) is 16.6. The fourth-order valence-electron chi connectivity index (χ4n) is 3.60. The van der Waals surface area contributed by atoms with Crippen LogP contribution in [-0.4, -0.2) is 41.4 Å². The normalized spacial score (nSPS) is 11.1. The highest BCUT2D eigenvalue weighted by atomic mass is 32.2. The predicted octanol–water partition coefficient (Wildman–Crippen LogP) is 3.79. The van der Waals surface area contributed by atoms with Gasteiger partial charge >= 0.3 is 5.69 Å². The van der Waals surface area contributed by atoms with Crippen molar-refractivity contribution in [2.45, 2.75) is 18.5 Å². The summed E-state index contributed by atoms with van der Waals surface area (Å²) in [4.78, 5) is 33.6. The molecular formula is C24H21N7O2S. The maximum Gasteiger partial charge on any atom is 0.323 e. The molecule has 3 aromatic heterocycles. The lowest BCUT2D eigenvalue weighted by atomic mass is 10.1. The highest BCUT2D eigenvalue weighted by molar-refractivity contribution is 7.99. The molecule has 10 heteroatoms. The number of fused-ring (bicyclic) bond motifs is 1. The van der Waals surface area contributed by atoms with E-state index < -0.39 is 0 Å². The Morgan fingerprint density at radius 3 is 2.53 bits per heavy atom. The van der Waals surface area contributed by atoms with Gasteiger partial charge in [-0.25, -0.2) is 4.79 Å². The topological polar surface area (TPSA) is 121 Å². The van der Waals surface area contributed by atoms with Gasteiger partial charge in [-0.2, -0.15) is 0 Å². The van der Waals surface area contributed by atoms with E-state index in [1.165, 1.54) is 17.3 Å². The molecule has 0 aliphatic carbocycles. The summed E-state index contributed by atoms with van der Waals surface area (Å²) in [5.74, 6) is 0.628. The summed E-state index contributed by atoms with van der Waals surface area (Å²) in [5.41, 5.74) is 4.66. The van der Waals surface area contributed by atoms with Crippen LogP contribution in [-0.2, 0) is 11.2 Å². The Hall–Kier alpha value is -4.18. The summed E-state index contributed by atoms with van der Waals surface area (Å²) in [6.45, 7) is 2.11. The van der Waals surface area contributed by atoms with Crippen LogP contribution in [0, 0.1) is 0 Å². The Morgan fingerprint density at radius 2 is 1.76 bits per heavy atom. The van der Waals surface area contributed by atoms with Crippen molar-refractivity contribution in [1.82, 2.24) is 29.7 Å². The van der Waals surface area contributed by atoms with Gasteiger partial charge < -0.3 is 15.3 Å². The number of rotatable bonds is 7. The van der Waals surface area contributed by atoms with E-state index in [1.54, 1.807) is 30.6 Å². The summed E-state index contributed by atoms with van der Waals surface area (Å²) < 4.78 is 1.95. The molecule has 0 bridgehead atoms. The van der Waals surface area contributed by atoms with E-state index in [9.17, 15) is 9.59 Å². The van der Waals surface area contributed by atoms with Crippen LogP contribution in [0.3, 0.4) is 0 Å². The smallest absolute Gasteiger partial charge is 0.323 e. The monoisotopic (exact) mass is 471 g/mol. The number of thioether (sulfide) groups is 1. The second-order valence-corrected chi connectivity index (χ2v) is 8.52. The van der Waals surface area contributed by atoms with Crippen molar-refractivity contribution in [2.75, 3.05) is 11.1 Å². The zero-order valence-corrected chi connectivity index (χ0v) is 19.1. The van der Waals surface area contributed by atoms with Crippen LogP contribution in [0.25, 0.3) is 28.1 Å². The molecule has 0 aliphatic rings. The second kappa shape index (κ2) is 9.36. The number of amides is 1. The van der Waals surface area contributed by atoms with E-state index in [-0.39, 0.29) is 17.3 Å². The summed E-state index contributed by atoms with van der Waals surface area (Å²) in [6, 6.07) is 17.2. The van der Waals surface area contributed by atoms with Crippen LogP contribution in [0.4, 0.5) is 5.69 Å². The minimum atomic E-state index is -0.287. The number of benzene rings is 2. The number of hydrogen-bond donors (Lipinski definition) is 3. The minimum Gasteiger partial charge on any atom is -0.325 e. The largest absolute Gasteiger partial charge is 0.325 e. The average molecular weight is 472 g/mol. The van der Waals surface area contributed by atoms with E-state index in [0.29, 0.717) is 27.7 Å². The van der Waals surface area contributed by atoms with Crippen LogP contribution >= 0.6 is 11.8 Å². The molecule has 3 heterocycles. The average Bonchev–Trinajstić information content (AvgIpc) is 3.45. The number of nitrogens with zero attached hydrogens (tertiary/aromatic N) is 4. The molecule has 34 heavy (non-hydrogen) atoms. The summed E-state index contributed by atoms with van der Waals surface area (Å²) in [7, 11) is 0. The molecule has 0 saturated carbocycles. The zero-order chi connectivity index (χ0) is 23.5. The van der Waals surface area contributed by atoms with E-state index in [2.05, 4.69) is 49.5 Å². The van der Waals surface area contributed by atoms with Crippen LogP contribution in [0.15, 0.2) is 76.9 Å². The molecule has 170 valence electrons. The fraction of sp³-hybridized carbons (Fsp3) is 0.125. The van der Waals surface area contributed by atoms with Crippen molar-refractivity contribution in [3.05, 3.63) is 83.0 Å². The van der Waals surface area contributed by atoms with E-state index in [4.69, 9.17) is 0 Å². The molecule has 9 nitrogen and oxygen atoms in total. The van der Waals surface area contributed by atoms with Gasteiger partial charge in [0, 0.05) is 29.3 Å². The first-order valence-electron chi connectivity index (χ1n) is 10.7. The van der Waals surface area contributed by atoms with E-state index in [0.717, 1.165) is 17.7 Å². The number of anilines is 1. The third-order valence-electron chi connectivity index (χ3n) is 5.31. The van der Waals surface area contributed by atoms with Crippen LogP contribution in [0.1, 0.15) is 12.5 Å². The van der Waals surface area contributed by atoms with Gasteiger partial charge in [-0.05, 0) is 54.4 Å². The Bertz CT molecular complexity index is 1500. The SMILES string of the molecule is CCc1ccc(-n2c(SCC(=O)Nc3ccc4[nH]c(=O)[nH]c4c3)nnc2-c2ccncc2)cc1. The van der Waals surface area contributed by atoms with Crippen molar-refractivity contribution in [2.24, 2.45) is 0 Å². The van der Waals surface area contributed by atoms with Gasteiger partial charge in [0.25, 0.3) is 0 Å². The fourth-order valence-corrected chi connectivity index (χ4v) is 4.35. The third-order valence-corrected chi connectivity index (χ3v) is 6.24. The van der Waals surface area contributed by atoms with Gasteiger partial charge in [0.05, 0.1) is 16.8 Å².